The molecule has 4 fully saturated rings. The van der Waals surface area contributed by atoms with E-state index in [9.17, 15) is 93.8 Å². The van der Waals surface area contributed by atoms with E-state index in [0.29, 0.717) is 110 Å². The highest BCUT2D eigenvalue weighted by Gasteiger charge is 2.48. The lowest BCUT2D eigenvalue weighted by Gasteiger charge is -2.43. The molecule has 0 aliphatic carbocycles. The second-order valence-electron chi connectivity index (χ2n) is 27.9. The Bertz CT molecular complexity index is 2580. The lowest BCUT2D eigenvalue weighted by Crippen LogP contribution is -2.64. The molecular formula is C70H127N8O30P. The number of ether oxygens (including phenoxy) is 9. The first kappa shape index (κ1) is 96.5. The van der Waals surface area contributed by atoms with Crippen LogP contribution in [0.1, 0.15) is 162 Å². The van der Waals surface area contributed by atoms with E-state index in [1.807, 2.05) is 0 Å². The van der Waals surface area contributed by atoms with Crippen molar-refractivity contribution in [3.05, 3.63) is 0 Å². The molecule has 4 rings (SSSR count). The van der Waals surface area contributed by atoms with Gasteiger partial charge in [-0.2, -0.15) is 0 Å². The Kier molecular flexibility index (Phi) is 48.5. The summed E-state index contributed by atoms with van der Waals surface area (Å²) in [7, 11) is -2.97. The number of hydrogen-bond donors (Lipinski definition) is 17. The second kappa shape index (κ2) is 54.8. The molecule has 0 aromatic rings. The van der Waals surface area contributed by atoms with Crippen molar-refractivity contribution in [1.82, 2.24) is 42.1 Å². The minimum absolute atomic E-state index is 0.00272. The van der Waals surface area contributed by atoms with Gasteiger partial charge < -0.3 is 136 Å². The minimum Gasteiger partial charge on any atom is -0.394 e. The third kappa shape index (κ3) is 37.8. The number of carbonyl (C=O) groups excluding carboxylic acids is 8. The van der Waals surface area contributed by atoms with Crippen LogP contribution >= 0.6 is 7.82 Å². The number of phosphoric ester groups is 1. The topological polar surface area (TPSA) is 545 Å². The Morgan fingerprint density at radius 1 is 0.404 bits per heavy atom. The SMILES string of the molecule is COP(=O)(O)OCCCCCCNC(=O)CCCC(=O)N1C[C@@H](COCCC(=O)NCCCCCCOC2OC(CO)C(O)C(O)C2NC(C)=O)C(OCCC(=O)NCCCCCCOC2OC(CO)C(O)C(O)C2NC(C)=O)[C@H](COCCC(=O)NCCCCCCOC2OC(CO)C(O)C(O)C2NC(C)=O)C1. The van der Waals surface area contributed by atoms with E-state index in [0.717, 1.165) is 26.4 Å². The van der Waals surface area contributed by atoms with Gasteiger partial charge in [-0.3, -0.25) is 47.4 Å². The maximum Gasteiger partial charge on any atom is 0.471 e. The average Bonchev–Trinajstić information content (AvgIpc) is 0.831. The molecule has 4 aliphatic rings. The van der Waals surface area contributed by atoms with Crippen LogP contribution in [-0.2, 0) is 94.6 Å². The normalized spacial score (nSPS) is 27.6. The summed E-state index contributed by atoms with van der Waals surface area (Å²) in [6, 6.07) is -3.17. The molecule has 18 atom stereocenters. The zero-order chi connectivity index (χ0) is 80.1. The number of amides is 8. The van der Waals surface area contributed by atoms with Crippen molar-refractivity contribution in [1.29, 1.82) is 0 Å². The molecule has 4 saturated heterocycles. The molecule has 0 radical (unpaired) electrons. The molecule has 8 amide bonds. The summed E-state index contributed by atoms with van der Waals surface area (Å²) in [5.74, 6) is -3.70. The summed E-state index contributed by atoms with van der Waals surface area (Å²) < 4.78 is 74.0. The monoisotopic (exact) mass is 1590 g/mol. The molecule has 0 saturated carbocycles. The quantitative estimate of drug-likeness (QED) is 0.0216. The summed E-state index contributed by atoms with van der Waals surface area (Å²) in [5, 5.41) is 111. The predicted octanol–water partition coefficient (Wildman–Crippen LogP) is -2.83. The molecule has 4 heterocycles. The maximum atomic E-state index is 14.2. The summed E-state index contributed by atoms with van der Waals surface area (Å²) in [6.45, 7) is 4.50. The number of phosphoric acid groups is 1. The number of nitrogens with one attached hydrogen (secondary N) is 7. The lowest BCUT2D eigenvalue weighted by atomic mass is 9.86. The fraction of sp³-hybridized carbons (Fsp3) is 0.886. The van der Waals surface area contributed by atoms with Crippen molar-refractivity contribution in [3.63, 3.8) is 0 Å². The standard InChI is InChI=1S/C70H127N8O30P/c1-45(82)75-58-64(93)61(90)50(40-79)106-68(58)102-31-17-9-5-13-28-72-54(86)24-35-99-43-48-38-78(57(89)23-21-22-53(85)71-27-16-8-12-20-34-105-109(96,97)98-4)39-49(44-100-36-25-55(87)73-29-14-6-10-18-32-103-69-59(76-46(2)83)65(94)62(91)51(41-80)107-69)67(48)101-37-26-56(88)74-30-15-7-11-19-33-104-70-60(77-47(3)84)66(95)63(92)52(42-81)108-70/h48-52,58-70,79-81,90-95H,5-44H2,1-4H3,(H,71,85)(H,72,86)(H,73,87)(H,74,88)(H,75,82)(H,76,83)(H,77,84)(H,96,97)/t48-,49-,50?,51?,52?,58?,59?,60?,61?,62?,63?,64?,65?,66?,67?,68?,69?,70?/m0/s1. The highest BCUT2D eigenvalue weighted by atomic mass is 31.2. The van der Waals surface area contributed by atoms with Crippen LogP contribution in [-0.4, -0.2) is 327 Å². The van der Waals surface area contributed by atoms with Crippen molar-refractivity contribution >= 4 is 55.1 Å². The van der Waals surface area contributed by atoms with Crippen LogP contribution in [0.5, 0.6) is 0 Å². The van der Waals surface area contributed by atoms with Crippen LogP contribution in [0.4, 0.5) is 0 Å². The molecule has 17 N–H and O–H groups in total. The molecule has 632 valence electrons. The number of likely N-dealkylation sites (tertiary alicyclic amines) is 1. The molecule has 4 aliphatic heterocycles. The summed E-state index contributed by atoms with van der Waals surface area (Å²) in [6.07, 6.45) is -5.15. The van der Waals surface area contributed by atoms with Gasteiger partial charge in [-0.25, -0.2) is 4.57 Å². The van der Waals surface area contributed by atoms with Crippen LogP contribution in [0.2, 0.25) is 0 Å². The first-order chi connectivity index (χ1) is 52.2. The Hall–Kier alpha value is -4.85. The Balaban J connectivity index is 1.33. The van der Waals surface area contributed by atoms with Gasteiger partial charge in [0, 0.05) is 131 Å². The van der Waals surface area contributed by atoms with Crippen LogP contribution in [0.25, 0.3) is 0 Å². The number of unbranched alkanes of at least 4 members (excludes halogenated alkanes) is 12. The zero-order valence-electron chi connectivity index (χ0n) is 63.7. The third-order valence-electron chi connectivity index (χ3n) is 18.9. The first-order valence-electron chi connectivity index (χ1n) is 38.4. The molecule has 38 nitrogen and oxygen atoms in total. The second-order valence-corrected chi connectivity index (χ2v) is 29.4. The van der Waals surface area contributed by atoms with E-state index in [1.165, 1.54) is 20.8 Å². The Morgan fingerprint density at radius 2 is 0.725 bits per heavy atom. The number of nitrogens with zero attached hydrogens (tertiary/aromatic N) is 1. The molecule has 39 heteroatoms. The van der Waals surface area contributed by atoms with E-state index in [4.69, 9.17) is 47.2 Å². The van der Waals surface area contributed by atoms with Crippen molar-refractivity contribution in [2.24, 2.45) is 11.8 Å². The van der Waals surface area contributed by atoms with E-state index >= 15 is 0 Å². The van der Waals surface area contributed by atoms with E-state index in [2.05, 4.69) is 41.7 Å². The minimum atomic E-state index is -4.05. The number of aliphatic hydroxyl groups is 9. The van der Waals surface area contributed by atoms with Crippen LogP contribution in [0, 0.1) is 11.8 Å². The van der Waals surface area contributed by atoms with Gasteiger partial charge in [0.05, 0.1) is 65.6 Å². The van der Waals surface area contributed by atoms with Gasteiger partial charge in [0.2, 0.25) is 47.3 Å². The molecule has 0 aromatic heterocycles. The van der Waals surface area contributed by atoms with Gasteiger partial charge in [-0.05, 0) is 57.8 Å². The predicted molar refractivity (Wildman–Crippen MR) is 385 cm³/mol. The number of aliphatic hydroxyl groups excluding tert-OH is 9. The zero-order valence-corrected chi connectivity index (χ0v) is 64.6. The van der Waals surface area contributed by atoms with Crippen LogP contribution < -0.4 is 37.2 Å². The van der Waals surface area contributed by atoms with Gasteiger partial charge in [0.25, 0.3) is 0 Å². The molecule has 0 aromatic carbocycles. The summed E-state index contributed by atoms with van der Waals surface area (Å²) in [4.78, 5) is 113. The number of hydrogen-bond acceptors (Lipinski definition) is 29. The lowest BCUT2D eigenvalue weighted by molar-refractivity contribution is -0.270. The molecule has 16 unspecified atom stereocenters. The van der Waals surface area contributed by atoms with Gasteiger partial charge in [-0.1, -0.05) is 51.4 Å². The Morgan fingerprint density at radius 3 is 1.06 bits per heavy atom. The molecule has 0 spiro atoms. The van der Waals surface area contributed by atoms with Crippen molar-refractivity contribution in [2.75, 3.05) is 126 Å². The summed E-state index contributed by atoms with van der Waals surface area (Å²) >= 11 is 0. The van der Waals surface area contributed by atoms with Gasteiger partial charge in [-0.15, -0.1) is 0 Å². The largest absolute Gasteiger partial charge is 0.471 e. The fourth-order valence-electron chi connectivity index (χ4n) is 12.9. The highest BCUT2D eigenvalue weighted by Crippen LogP contribution is 2.42. The molecular weight excluding hydrogens is 1460 g/mol. The number of piperidine rings is 1. The highest BCUT2D eigenvalue weighted by molar-refractivity contribution is 7.47. The van der Waals surface area contributed by atoms with E-state index in [1.54, 1.807) is 4.90 Å². The van der Waals surface area contributed by atoms with Crippen LogP contribution in [0.15, 0.2) is 0 Å². The van der Waals surface area contributed by atoms with Gasteiger partial charge in [0.15, 0.2) is 18.9 Å². The Labute approximate surface area is 638 Å². The third-order valence-corrected chi connectivity index (χ3v) is 19.9. The number of carbonyl (C=O) groups is 8. The molecule has 0 bridgehead atoms. The fourth-order valence-corrected chi connectivity index (χ4v) is 13.4. The van der Waals surface area contributed by atoms with Gasteiger partial charge >= 0.3 is 7.82 Å². The van der Waals surface area contributed by atoms with Crippen molar-refractivity contribution in [2.45, 2.75) is 260 Å². The first-order valence-corrected chi connectivity index (χ1v) is 39.9. The van der Waals surface area contributed by atoms with Crippen molar-refractivity contribution in [3.8, 4) is 0 Å². The summed E-state index contributed by atoms with van der Waals surface area (Å²) in [5.41, 5.74) is 0. The van der Waals surface area contributed by atoms with E-state index in [-0.39, 0.29) is 141 Å². The smallest absolute Gasteiger partial charge is 0.394 e. The van der Waals surface area contributed by atoms with Crippen LogP contribution in [0.3, 0.4) is 0 Å². The molecule has 109 heavy (non-hydrogen) atoms. The average molecular weight is 1590 g/mol. The van der Waals surface area contributed by atoms with Crippen molar-refractivity contribution < 1.29 is 145 Å². The van der Waals surface area contributed by atoms with Gasteiger partial charge in [0.1, 0.15) is 73.1 Å². The number of rotatable bonds is 57. The maximum absolute atomic E-state index is 14.2. The van der Waals surface area contributed by atoms with E-state index < -0.39 is 155 Å².